The van der Waals surface area contributed by atoms with Crippen molar-refractivity contribution in [1.82, 2.24) is 4.98 Å². The van der Waals surface area contributed by atoms with Crippen molar-refractivity contribution < 1.29 is 9.47 Å². The van der Waals surface area contributed by atoms with Crippen LogP contribution in [0, 0.1) is 23.2 Å². The Bertz CT molecular complexity index is 749. The molecule has 0 aromatic carbocycles. The molecule has 3 heterocycles. The lowest BCUT2D eigenvalue weighted by Crippen LogP contribution is -2.39. The lowest BCUT2D eigenvalue weighted by molar-refractivity contribution is 0.0619. The molecule has 2 saturated carbocycles. The van der Waals surface area contributed by atoms with Gasteiger partial charge in [0.05, 0.1) is 17.8 Å². The van der Waals surface area contributed by atoms with Crippen molar-refractivity contribution in [2.45, 2.75) is 75.7 Å². The van der Waals surface area contributed by atoms with Crippen molar-refractivity contribution in [2.75, 3.05) is 23.8 Å². The molecule has 0 amide bonds. The number of nitrogens with one attached hydrogen (secondary N) is 2. The number of hydrogen-bond donors (Lipinski definition) is 2. The zero-order valence-electron chi connectivity index (χ0n) is 16.4. The highest BCUT2D eigenvalue weighted by molar-refractivity contribution is 5.57. The summed E-state index contributed by atoms with van der Waals surface area (Å²) in [6, 6.07) is 6.92. The standard InChI is InChI=1S/C22H30N4O2/c23-13-14-7-8-21(24-17-3-1-5-19-15(17)9-11-27-19)26-22(14)25-18-4-2-6-20-16(18)10-12-28-20/h7-8,15-20H,1-6,9-12H2,(H2,24,25,26). The van der Waals surface area contributed by atoms with Gasteiger partial charge in [-0.1, -0.05) is 0 Å². The third-order valence-corrected chi connectivity index (χ3v) is 7.23. The van der Waals surface area contributed by atoms with Gasteiger partial charge in [0, 0.05) is 37.1 Å². The molecule has 2 saturated heterocycles. The Hall–Kier alpha value is -1.84. The van der Waals surface area contributed by atoms with Crippen molar-refractivity contribution in [1.29, 1.82) is 5.26 Å². The number of fused-ring (bicyclic) bond motifs is 2. The van der Waals surface area contributed by atoms with Gasteiger partial charge in [0.2, 0.25) is 0 Å². The van der Waals surface area contributed by atoms with Gasteiger partial charge in [-0.05, 0) is 63.5 Å². The van der Waals surface area contributed by atoms with Crippen molar-refractivity contribution in [3.8, 4) is 6.07 Å². The maximum Gasteiger partial charge on any atom is 0.146 e. The van der Waals surface area contributed by atoms with Gasteiger partial charge in [0.15, 0.2) is 0 Å². The summed E-state index contributed by atoms with van der Waals surface area (Å²) >= 11 is 0. The van der Waals surface area contributed by atoms with Gasteiger partial charge in [-0.3, -0.25) is 0 Å². The molecule has 4 fully saturated rings. The van der Waals surface area contributed by atoms with Crippen LogP contribution in [-0.2, 0) is 9.47 Å². The Balaban J connectivity index is 1.33. The molecule has 0 radical (unpaired) electrons. The minimum atomic E-state index is 0.346. The Labute approximate surface area is 167 Å². The molecule has 6 nitrogen and oxygen atoms in total. The number of pyridine rings is 1. The quantitative estimate of drug-likeness (QED) is 0.827. The van der Waals surface area contributed by atoms with Crippen LogP contribution in [0.25, 0.3) is 0 Å². The van der Waals surface area contributed by atoms with Gasteiger partial charge in [-0.2, -0.15) is 5.26 Å². The summed E-state index contributed by atoms with van der Waals surface area (Å²) in [4.78, 5) is 4.83. The molecule has 5 rings (SSSR count). The largest absolute Gasteiger partial charge is 0.378 e. The Kier molecular flexibility index (Phi) is 5.13. The zero-order chi connectivity index (χ0) is 18.9. The fourth-order valence-electron chi connectivity index (χ4n) is 5.82. The number of rotatable bonds is 4. The fraction of sp³-hybridized carbons (Fsp3) is 0.727. The molecule has 2 aliphatic heterocycles. The molecule has 1 aromatic rings. The monoisotopic (exact) mass is 382 g/mol. The second-order valence-electron chi connectivity index (χ2n) is 8.79. The number of nitriles is 1. The molecule has 28 heavy (non-hydrogen) atoms. The van der Waals surface area contributed by atoms with Gasteiger partial charge in [0.25, 0.3) is 0 Å². The zero-order valence-corrected chi connectivity index (χ0v) is 16.4. The van der Waals surface area contributed by atoms with E-state index < -0.39 is 0 Å². The highest BCUT2D eigenvalue weighted by atomic mass is 16.5. The number of anilines is 2. The van der Waals surface area contributed by atoms with Gasteiger partial charge in [-0.25, -0.2) is 4.98 Å². The van der Waals surface area contributed by atoms with Gasteiger partial charge < -0.3 is 20.1 Å². The van der Waals surface area contributed by atoms with Crippen molar-refractivity contribution in [3.05, 3.63) is 17.7 Å². The molecule has 2 N–H and O–H groups in total. The van der Waals surface area contributed by atoms with Crippen LogP contribution in [0.3, 0.4) is 0 Å². The predicted molar refractivity (Wildman–Crippen MR) is 107 cm³/mol. The van der Waals surface area contributed by atoms with Gasteiger partial charge in [0.1, 0.15) is 17.7 Å². The lowest BCUT2D eigenvalue weighted by atomic mass is 9.81. The summed E-state index contributed by atoms with van der Waals surface area (Å²) in [5, 5.41) is 16.9. The molecule has 6 heteroatoms. The summed E-state index contributed by atoms with van der Waals surface area (Å²) in [6.07, 6.45) is 10.0. The Morgan fingerprint density at radius 1 is 0.857 bits per heavy atom. The molecular formula is C22H30N4O2. The SMILES string of the molecule is N#Cc1ccc(NC2CCCC3OCCC23)nc1NC1CCCC2OCCC12. The van der Waals surface area contributed by atoms with E-state index in [0.29, 0.717) is 41.7 Å². The smallest absolute Gasteiger partial charge is 0.146 e. The van der Waals surface area contributed by atoms with Crippen molar-refractivity contribution in [2.24, 2.45) is 11.8 Å². The van der Waals surface area contributed by atoms with E-state index in [-0.39, 0.29) is 0 Å². The van der Waals surface area contributed by atoms with Gasteiger partial charge >= 0.3 is 0 Å². The fourth-order valence-corrected chi connectivity index (χ4v) is 5.82. The maximum absolute atomic E-state index is 9.58. The molecular weight excluding hydrogens is 352 g/mol. The second-order valence-corrected chi connectivity index (χ2v) is 8.79. The average Bonchev–Trinajstić information content (AvgIpc) is 3.38. The number of nitrogens with zero attached hydrogens (tertiary/aromatic N) is 2. The minimum absolute atomic E-state index is 0.346. The third kappa shape index (κ3) is 3.46. The third-order valence-electron chi connectivity index (χ3n) is 7.23. The normalized spacial score (nSPS) is 37.0. The summed E-state index contributed by atoms with van der Waals surface area (Å²) in [5.41, 5.74) is 0.623. The van der Waals surface area contributed by atoms with Crippen LogP contribution in [0.2, 0.25) is 0 Å². The minimum Gasteiger partial charge on any atom is -0.378 e. The number of ether oxygens (including phenoxy) is 2. The van der Waals surface area contributed by atoms with Crippen LogP contribution in [0.4, 0.5) is 11.6 Å². The van der Waals surface area contributed by atoms with Crippen LogP contribution in [0.5, 0.6) is 0 Å². The first-order valence-corrected chi connectivity index (χ1v) is 11.0. The molecule has 6 unspecified atom stereocenters. The molecule has 150 valence electrons. The lowest BCUT2D eigenvalue weighted by Gasteiger charge is -2.34. The number of aromatic nitrogens is 1. The summed E-state index contributed by atoms with van der Waals surface area (Å²) in [6.45, 7) is 1.74. The first-order valence-electron chi connectivity index (χ1n) is 11.0. The Morgan fingerprint density at radius 3 is 2.14 bits per heavy atom. The van der Waals surface area contributed by atoms with Gasteiger partial charge in [-0.15, -0.1) is 0 Å². The van der Waals surface area contributed by atoms with E-state index in [1.807, 2.05) is 12.1 Å². The van der Waals surface area contributed by atoms with Crippen LogP contribution in [0.15, 0.2) is 12.1 Å². The first-order chi connectivity index (χ1) is 13.8. The molecule has 1 aromatic heterocycles. The summed E-state index contributed by atoms with van der Waals surface area (Å²) in [5.74, 6) is 2.71. The van der Waals surface area contributed by atoms with E-state index in [9.17, 15) is 5.26 Å². The first kappa shape index (κ1) is 18.2. The molecule has 6 atom stereocenters. The van der Waals surface area contributed by atoms with E-state index in [1.165, 1.54) is 25.7 Å². The highest BCUT2D eigenvalue weighted by Crippen LogP contribution is 2.37. The second kappa shape index (κ2) is 7.88. The molecule has 0 spiro atoms. The summed E-state index contributed by atoms with van der Waals surface area (Å²) in [7, 11) is 0. The van der Waals surface area contributed by atoms with E-state index in [0.717, 1.165) is 50.5 Å². The van der Waals surface area contributed by atoms with Crippen molar-refractivity contribution in [3.63, 3.8) is 0 Å². The Morgan fingerprint density at radius 2 is 1.50 bits per heavy atom. The van der Waals surface area contributed by atoms with E-state index in [4.69, 9.17) is 14.5 Å². The maximum atomic E-state index is 9.58. The van der Waals surface area contributed by atoms with E-state index in [2.05, 4.69) is 16.7 Å². The van der Waals surface area contributed by atoms with Crippen molar-refractivity contribution >= 4 is 11.6 Å². The summed E-state index contributed by atoms with van der Waals surface area (Å²) < 4.78 is 11.8. The predicted octanol–water partition coefficient (Wildman–Crippen LogP) is 3.69. The molecule has 0 bridgehead atoms. The average molecular weight is 383 g/mol. The topological polar surface area (TPSA) is 79.2 Å². The van der Waals surface area contributed by atoms with Crippen LogP contribution in [-0.4, -0.2) is 42.5 Å². The molecule has 2 aliphatic carbocycles. The molecule has 4 aliphatic rings. The van der Waals surface area contributed by atoms with Crippen LogP contribution in [0.1, 0.15) is 56.9 Å². The van der Waals surface area contributed by atoms with Crippen LogP contribution < -0.4 is 10.6 Å². The number of hydrogen-bond acceptors (Lipinski definition) is 6. The van der Waals surface area contributed by atoms with Crippen LogP contribution >= 0.6 is 0 Å². The van der Waals surface area contributed by atoms with E-state index in [1.54, 1.807) is 0 Å². The highest BCUT2D eigenvalue weighted by Gasteiger charge is 2.39. The van der Waals surface area contributed by atoms with E-state index >= 15 is 0 Å².